The van der Waals surface area contributed by atoms with Gasteiger partial charge in [-0.3, -0.25) is 9.59 Å². The molecule has 32 heavy (non-hydrogen) atoms. The number of morpholine rings is 1. The highest BCUT2D eigenvalue weighted by atomic mass is 32.1. The summed E-state index contributed by atoms with van der Waals surface area (Å²) in [6.07, 6.45) is 1.92. The van der Waals surface area contributed by atoms with Gasteiger partial charge in [0, 0.05) is 37.1 Å². The Morgan fingerprint density at radius 2 is 1.91 bits per heavy atom. The fourth-order valence-electron chi connectivity index (χ4n) is 4.20. The lowest BCUT2D eigenvalue weighted by atomic mass is 9.96. The molecule has 8 nitrogen and oxygen atoms in total. The second-order valence-electron chi connectivity index (χ2n) is 8.01. The molecule has 9 heteroatoms. The number of aromatic nitrogens is 1. The van der Waals surface area contributed by atoms with Crippen LogP contribution in [0.1, 0.15) is 18.5 Å². The summed E-state index contributed by atoms with van der Waals surface area (Å²) in [5.74, 6) is 1.35. The maximum atomic E-state index is 13.0. The Bertz CT molecular complexity index is 957. The minimum Gasteiger partial charge on any atom is -0.493 e. The predicted molar refractivity (Wildman–Crippen MR) is 121 cm³/mol. The highest BCUT2D eigenvalue weighted by Crippen LogP contribution is 2.33. The summed E-state index contributed by atoms with van der Waals surface area (Å²) < 4.78 is 16.0. The third kappa shape index (κ3) is 5.05. The van der Waals surface area contributed by atoms with Crippen LogP contribution in [0.2, 0.25) is 0 Å². The number of amides is 2. The van der Waals surface area contributed by atoms with E-state index in [4.69, 9.17) is 14.2 Å². The lowest BCUT2D eigenvalue weighted by Crippen LogP contribution is -2.49. The van der Waals surface area contributed by atoms with Crippen molar-refractivity contribution in [2.75, 3.05) is 53.6 Å². The van der Waals surface area contributed by atoms with Gasteiger partial charge in [-0.1, -0.05) is 0 Å². The van der Waals surface area contributed by atoms with Crippen LogP contribution in [-0.2, 0) is 20.7 Å². The Balaban J connectivity index is 1.38. The van der Waals surface area contributed by atoms with Crippen LogP contribution in [0, 0.1) is 5.92 Å². The number of rotatable bonds is 6. The number of thiazole rings is 1. The van der Waals surface area contributed by atoms with Gasteiger partial charge in [0.1, 0.15) is 5.01 Å². The van der Waals surface area contributed by atoms with E-state index in [1.165, 1.54) is 11.3 Å². The average molecular weight is 460 g/mol. The quantitative estimate of drug-likeness (QED) is 0.660. The number of nitrogens with zero attached hydrogens (tertiary/aromatic N) is 3. The summed E-state index contributed by atoms with van der Waals surface area (Å²) in [6, 6.07) is 5.66. The zero-order valence-corrected chi connectivity index (χ0v) is 19.4. The van der Waals surface area contributed by atoms with Crippen LogP contribution in [0.25, 0.3) is 10.6 Å². The molecule has 0 bridgehead atoms. The maximum Gasteiger partial charge on any atom is 0.228 e. The molecule has 2 saturated heterocycles. The Morgan fingerprint density at radius 1 is 1.12 bits per heavy atom. The van der Waals surface area contributed by atoms with Crippen molar-refractivity contribution in [1.82, 2.24) is 14.8 Å². The topological polar surface area (TPSA) is 81.2 Å². The first kappa shape index (κ1) is 22.5. The van der Waals surface area contributed by atoms with Gasteiger partial charge in [-0.15, -0.1) is 11.3 Å². The molecular weight excluding hydrogens is 430 g/mol. The third-order valence-corrected chi connectivity index (χ3v) is 6.90. The SMILES string of the molecule is COc1ccc(-c2nc(CC(=O)N3CCCC(C(=O)N4CCOCC4)C3)cs2)cc1OC. The molecular formula is C23H29N3O5S. The van der Waals surface area contributed by atoms with Crippen LogP contribution in [0.4, 0.5) is 0 Å². The summed E-state index contributed by atoms with van der Waals surface area (Å²) in [4.78, 5) is 34.1. The van der Waals surface area contributed by atoms with Crippen molar-refractivity contribution in [3.05, 3.63) is 29.3 Å². The molecule has 0 N–H and O–H groups in total. The van der Waals surface area contributed by atoms with Gasteiger partial charge in [0.25, 0.3) is 0 Å². The van der Waals surface area contributed by atoms with E-state index in [9.17, 15) is 9.59 Å². The Hall–Kier alpha value is -2.65. The Kier molecular flexibility index (Phi) is 7.26. The maximum absolute atomic E-state index is 13.0. The summed E-state index contributed by atoms with van der Waals surface area (Å²) in [5.41, 5.74) is 1.66. The highest BCUT2D eigenvalue weighted by Gasteiger charge is 2.32. The number of hydrogen-bond donors (Lipinski definition) is 0. The monoisotopic (exact) mass is 459 g/mol. The molecule has 2 aliphatic rings. The van der Waals surface area contributed by atoms with Gasteiger partial charge in [0.15, 0.2) is 11.5 Å². The van der Waals surface area contributed by atoms with Gasteiger partial charge >= 0.3 is 0 Å². The van der Waals surface area contributed by atoms with E-state index in [-0.39, 0.29) is 24.2 Å². The molecule has 1 unspecified atom stereocenters. The zero-order chi connectivity index (χ0) is 22.5. The molecule has 2 aliphatic heterocycles. The molecule has 0 spiro atoms. The number of likely N-dealkylation sites (tertiary alicyclic amines) is 1. The van der Waals surface area contributed by atoms with Gasteiger partial charge in [0.2, 0.25) is 11.8 Å². The zero-order valence-electron chi connectivity index (χ0n) is 18.5. The molecule has 3 heterocycles. The van der Waals surface area contributed by atoms with Crippen molar-refractivity contribution >= 4 is 23.2 Å². The third-order valence-electron chi connectivity index (χ3n) is 5.96. The van der Waals surface area contributed by atoms with Crippen LogP contribution < -0.4 is 9.47 Å². The lowest BCUT2D eigenvalue weighted by Gasteiger charge is -2.36. The number of carbonyl (C=O) groups excluding carboxylic acids is 2. The van der Waals surface area contributed by atoms with E-state index >= 15 is 0 Å². The minimum atomic E-state index is -0.122. The lowest BCUT2D eigenvalue weighted by molar-refractivity contribution is -0.143. The van der Waals surface area contributed by atoms with Crippen molar-refractivity contribution in [2.45, 2.75) is 19.3 Å². The van der Waals surface area contributed by atoms with Crippen LogP contribution in [0.5, 0.6) is 11.5 Å². The normalized spacial score (nSPS) is 19.0. The minimum absolute atomic E-state index is 0.0219. The Morgan fingerprint density at radius 3 is 2.66 bits per heavy atom. The van der Waals surface area contributed by atoms with Gasteiger partial charge in [-0.2, -0.15) is 0 Å². The Labute approximate surface area is 192 Å². The van der Waals surface area contributed by atoms with Crippen molar-refractivity contribution in [2.24, 2.45) is 5.92 Å². The predicted octanol–water partition coefficient (Wildman–Crippen LogP) is 2.47. The van der Waals surface area contributed by atoms with Crippen molar-refractivity contribution in [3.63, 3.8) is 0 Å². The van der Waals surface area contributed by atoms with Gasteiger partial charge in [-0.05, 0) is 31.0 Å². The van der Waals surface area contributed by atoms with Gasteiger partial charge < -0.3 is 24.0 Å². The first-order valence-electron chi connectivity index (χ1n) is 10.9. The van der Waals surface area contributed by atoms with E-state index in [0.29, 0.717) is 50.9 Å². The number of ether oxygens (including phenoxy) is 3. The second kappa shape index (κ2) is 10.3. The molecule has 1 atom stereocenters. The van der Waals surface area contributed by atoms with E-state index in [0.717, 1.165) is 29.1 Å². The number of hydrogen-bond acceptors (Lipinski definition) is 7. The molecule has 172 valence electrons. The van der Waals surface area contributed by atoms with Crippen LogP contribution in [0.3, 0.4) is 0 Å². The van der Waals surface area contributed by atoms with E-state index in [2.05, 4.69) is 4.98 Å². The van der Waals surface area contributed by atoms with E-state index in [1.54, 1.807) is 14.2 Å². The van der Waals surface area contributed by atoms with Crippen molar-refractivity contribution in [1.29, 1.82) is 0 Å². The average Bonchev–Trinajstić information content (AvgIpc) is 3.32. The number of benzene rings is 1. The molecule has 2 amide bonds. The number of carbonyl (C=O) groups is 2. The molecule has 2 fully saturated rings. The molecule has 2 aromatic rings. The van der Waals surface area contributed by atoms with Crippen LogP contribution in [0.15, 0.2) is 23.6 Å². The smallest absolute Gasteiger partial charge is 0.228 e. The standard InChI is InChI=1S/C23H29N3O5S/c1-29-19-6-5-16(12-20(19)30-2)22-24-18(15-32-22)13-21(27)26-7-3-4-17(14-26)23(28)25-8-10-31-11-9-25/h5-6,12,15,17H,3-4,7-11,13-14H2,1-2H3. The van der Waals surface area contributed by atoms with Crippen molar-refractivity contribution in [3.8, 4) is 22.1 Å². The summed E-state index contributed by atoms with van der Waals surface area (Å²) >= 11 is 1.50. The number of methoxy groups -OCH3 is 2. The van der Waals surface area contributed by atoms with Crippen LogP contribution >= 0.6 is 11.3 Å². The highest BCUT2D eigenvalue weighted by molar-refractivity contribution is 7.13. The van der Waals surface area contributed by atoms with Gasteiger partial charge in [0.05, 0.1) is 45.5 Å². The fraction of sp³-hybridized carbons (Fsp3) is 0.522. The van der Waals surface area contributed by atoms with Crippen molar-refractivity contribution < 1.29 is 23.8 Å². The molecule has 0 aliphatic carbocycles. The number of piperidine rings is 1. The summed E-state index contributed by atoms with van der Waals surface area (Å²) in [6.45, 7) is 3.64. The summed E-state index contributed by atoms with van der Waals surface area (Å²) in [5, 5.41) is 2.75. The molecule has 0 radical (unpaired) electrons. The fourth-order valence-corrected chi connectivity index (χ4v) is 5.02. The molecule has 1 aromatic heterocycles. The summed E-state index contributed by atoms with van der Waals surface area (Å²) in [7, 11) is 3.20. The molecule has 0 saturated carbocycles. The van der Waals surface area contributed by atoms with Gasteiger partial charge in [-0.25, -0.2) is 4.98 Å². The molecule has 1 aromatic carbocycles. The first-order chi connectivity index (χ1) is 15.6. The largest absolute Gasteiger partial charge is 0.493 e. The van der Waals surface area contributed by atoms with E-state index < -0.39 is 0 Å². The second-order valence-corrected chi connectivity index (χ2v) is 8.87. The molecule has 4 rings (SSSR count). The van der Waals surface area contributed by atoms with Crippen LogP contribution in [-0.4, -0.2) is 80.2 Å². The van der Waals surface area contributed by atoms with E-state index in [1.807, 2.05) is 33.4 Å². The first-order valence-corrected chi connectivity index (χ1v) is 11.8.